The van der Waals surface area contributed by atoms with E-state index >= 15 is 0 Å². The predicted molar refractivity (Wildman–Crippen MR) is 76.8 cm³/mol. The Balaban J connectivity index is 2.01. The molecule has 0 aliphatic heterocycles. The highest BCUT2D eigenvalue weighted by Crippen LogP contribution is 2.35. The first kappa shape index (κ1) is 14.6. The molecule has 0 saturated heterocycles. The molecule has 0 saturated carbocycles. The molecule has 3 aromatic rings. The summed E-state index contributed by atoms with van der Waals surface area (Å²) in [6.07, 6.45) is -2.95. The van der Waals surface area contributed by atoms with E-state index in [1.807, 2.05) is 30.3 Å². The first-order chi connectivity index (χ1) is 10.4. The zero-order valence-electron chi connectivity index (χ0n) is 11.0. The summed E-state index contributed by atoms with van der Waals surface area (Å²) in [4.78, 5) is 0. The van der Waals surface area contributed by atoms with Crippen LogP contribution in [0.5, 0.6) is 0 Å². The quantitative estimate of drug-likeness (QED) is 0.689. The third kappa shape index (κ3) is 2.82. The minimum atomic E-state index is -4.52. The molecule has 0 aliphatic rings. The third-order valence-electron chi connectivity index (χ3n) is 3.08. The van der Waals surface area contributed by atoms with Gasteiger partial charge in [0.1, 0.15) is 5.69 Å². The van der Waals surface area contributed by atoms with Crippen molar-refractivity contribution in [2.24, 2.45) is 0 Å². The lowest BCUT2D eigenvalue weighted by Gasteiger charge is -2.10. The molecule has 0 aliphatic carbocycles. The second kappa shape index (κ2) is 5.46. The molecule has 0 radical (unpaired) electrons. The Morgan fingerprint density at radius 1 is 1.00 bits per heavy atom. The van der Waals surface area contributed by atoms with Crippen LogP contribution in [0.4, 0.5) is 13.2 Å². The van der Waals surface area contributed by atoms with Crippen LogP contribution in [-0.4, -0.2) is 15.0 Å². The van der Waals surface area contributed by atoms with E-state index in [0.29, 0.717) is 5.69 Å². The largest absolute Gasteiger partial charge is 0.417 e. The van der Waals surface area contributed by atoms with Gasteiger partial charge in [0.05, 0.1) is 22.5 Å². The fourth-order valence-corrected chi connectivity index (χ4v) is 2.23. The highest BCUT2D eigenvalue weighted by atomic mass is 35.5. The average Bonchev–Trinajstić information content (AvgIpc) is 2.97. The van der Waals surface area contributed by atoms with Gasteiger partial charge in [0.15, 0.2) is 0 Å². The normalized spacial score (nSPS) is 11.6. The first-order valence-electron chi connectivity index (χ1n) is 6.30. The smallest absolute Gasteiger partial charge is 0.220 e. The highest BCUT2D eigenvalue weighted by molar-refractivity contribution is 6.31. The van der Waals surface area contributed by atoms with Gasteiger partial charge in [-0.25, -0.2) is 4.68 Å². The van der Waals surface area contributed by atoms with Crippen LogP contribution in [0, 0.1) is 0 Å². The Bertz CT molecular complexity index is 797. The van der Waals surface area contributed by atoms with Crippen LogP contribution in [0.3, 0.4) is 0 Å². The molecule has 22 heavy (non-hydrogen) atoms. The van der Waals surface area contributed by atoms with Crippen molar-refractivity contribution in [1.29, 1.82) is 0 Å². The maximum atomic E-state index is 12.9. The second-order valence-electron chi connectivity index (χ2n) is 4.58. The number of rotatable bonds is 2. The summed E-state index contributed by atoms with van der Waals surface area (Å²) in [5.74, 6) is 0. The Kier molecular flexibility index (Phi) is 3.62. The van der Waals surface area contributed by atoms with E-state index in [1.165, 1.54) is 16.8 Å². The zero-order valence-corrected chi connectivity index (χ0v) is 11.8. The Morgan fingerprint density at radius 3 is 2.41 bits per heavy atom. The number of nitrogens with zero attached hydrogens (tertiary/aromatic N) is 3. The van der Waals surface area contributed by atoms with Crippen LogP contribution in [0.1, 0.15) is 5.56 Å². The summed E-state index contributed by atoms with van der Waals surface area (Å²) in [6.45, 7) is 0. The number of halogens is 4. The topological polar surface area (TPSA) is 30.7 Å². The van der Waals surface area contributed by atoms with Crippen LogP contribution in [0.2, 0.25) is 5.02 Å². The molecule has 0 atom stereocenters. The lowest BCUT2D eigenvalue weighted by atomic mass is 10.1. The molecule has 1 heterocycles. The van der Waals surface area contributed by atoms with Crippen LogP contribution in [-0.2, 0) is 6.18 Å². The molecule has 3 nitrogen and oxygen atoms in total. The summed E-state index contributed by atoms with van der Waals surface area (Å²) in [5.41, 5.74) is 0.748. The van der Waals surface area contributed by atoms with Crippen molar-refractivity contribution in [3.8, 4) is 16.9 Å². The van der Waals surface area contributed by atoms with Crippen molar-refractivity contribution in [1.82, 2.24) is 15.0 Å². The molecule has 2 aromatic carbocycles. The number of alkyl halides is 3. The van der Waals surface area contributed by atoms with Gasteiger partial charge in [-0.05, 0) is 18.2 Å². The third-order valence-corrected chi connectivity index (χ3v) is 3.41. The molecule has 3 rings (SSSR count). The first-order valence-corrected chi connectivity index (χ1v) is 6.68. The van der Waals surface area contributed by atoms with Crippen LogP contribution in [0.15, 0.2) is 54.7 Å². The van der Waals surface area contributed by atoms with E-state index in [1.54, 1.807) is 6.20 Å². The van der Waals surface area contributed by atoms with Crippen molar-refractivity contribution < 1.29 is 13.2 Å². The number of benzene rings is 2. The summed E-state index contributed by atoms with van der Waals surface area (Å²) in [5, 5.41) is 7.50. The summed E-state index contributed by atoms with van der Waals surface area (Å²) < 4.78 is 39.9. The van der Waals surface area contributed by atoms with E-state index in [-0.39, 0.29) is 10.7 Å². The second-order valence-corrected chi connectivity index (χ2v) is 4.98. The fourth-order valence-electron chi connectivity index (χ4n) is 2.00. The lowest BCUT2D eigenvalue weighted by molar-refractivity contribution is -0.137. The average molecular weight is 324 g/mol. The standard InChI is InChI=1S/C15H9ClF3N3/c16-13-7-6-11(8-12(13)15(17,18)19)22-9-14(20-21-22)10-4-2-1-3-5-10/h1-9H. The van der Waals surface area contributed by atoms with E-state index in [9.17, 15) is 13.2 Å². The molecule has 0 N–H and O–H groups in total. The van der Waals surface area contributed by atoms with E-state index in [2.05, 4.69) is 10.3 Å². The maximum absolute atomic E-state index is 12.9. The van der Waals surface area contributed by atoms with Gasteiger partial charge in [-0.2, -0.15) is 13.2 Å². The molecule has 0 spiro atoms. The summed E-state index contributed by atoms with van der Waals surface area (Å²) in [7, 11) is 0. The van der Waals surface area contributed by atoms with Gasteiger partial charge in [0, 0.05) is 5.56 Å². The fraction of sp³-hybridized carbons (Fsp3) is 0.0667. The molecule has 0 amide bonds. The van der Waals surface area contributed by atoms with Crippen molar-refractivity contribution in [3.05, 3.63) is 65.3 Å². The monoisotopic (exact) mass is 323 g/mol. The van der Waals surface area contributed by atoms with E-state index in [0.717, 1.165) is 11.6 Å². The molecule has 112 valence electrons. The van der Waals surface area contributed by atoms with Crippen molar-refractivity contribution in [2.75, 3.05) is 0 Å². The van der Waals surface area contributed by atoms with Crippen LogP contribution >= 0.6 is 11.6 Å². The van der Waals surface area contributed by atoms with Gasteiger partial charge in [0.2, 0.25) is 0 Å². The Morgan fingerprint density at radius 2 is 1.73 bits per heavy atom. The number of hydrogen-bond acceptors (Lipinski definition) is 2. The molecule has 0 bridgehead atoms. The lowest BCUT2D eigenvalue weighted by Crippen LogP contribution is -2.07. The molecule has 1 aromatic heterocycles. The molecular weight excluding hydrogens is 315 g/mol. The van der Waals surface area contributed by atoms with Gasteiger partial charge in [-0.3, -0.25) is 0 Å². The van der Waals surface area contributed by atoms with Gasteiger partial charge in [-0.1, -0.05) is 47.1 Å². The van der Waals surface area contributed by atoms with Gasteiger partial charge < -0.3 is 0 Å². The molecule has 0 unspecified atom stereocenters. The molecule has 0 fully saturated rings. The summed E-state index contributed by atoms with van der Waals surface area (Å²) >= 11 is 5.60. The maximum Gasteiger partial charge on any atom is 0.417 e. The van der Waals surface area contributed by atoms with Crippen molar-refractivity contribution >= 4 is 11.6 Å². The summed E-state index contributed by atoms with van der Waals surface area (Å²) in [6, 6.07) is 12.9. The highest BCUT2D eigenvalue weighted by Gasteiger charge is 2.33. The Labute approximate surface area is 129 Å². The Hall–Kier alpha value is -2.34. The van der Waals surface area contributed by atoms with Gasteiger partial charge >= 0.3 is 6.18 Å². The molecule has 7 heteroatoms. The number of aromatic nitrogens is 3. The zero-order chi connectivity index (χ0) is 15.7. The van der Waals surface area contributed by atoms with Crippen LogP contribution in [0.25, 0.3) is 16.9 Å². The van der Waals surface area contributed by atoms with Crippen molar-refractivity contribution in [3.63, 3.8) is 0 Å². The van der Waals surface area contributed by atoms with E-state index < -0.39 is 11.7 Å². The van der Waals surface area contributed by atoms with Gasteiger partial charge in [-0.15, -0.1) is 5.10 Å². The van der Waals surface area contributed by atoms with E-state index in [4.69, 9.17) is 11.6 Å². The van der Waals surface area contributed by atoms with Gasteiger partial charge in [0.25, 0.3) is 0 Å². The minimum absolute atomic E-state index is 0.242. The van der Waals surface area contributed by atoms with Crippen LogP contribution < -0.4 is 0 Å². The molecular formula is C15H9ClF3N3. The minimum Gasteiger partial charge on any atom is -0.220 e. The number of hydrogen-bond donors (Lipinski definition) is 0. The van der Waals surface area contributed by atoms with Crippen molar-refractivity contribution in [2.45, 2.75) is 6.18 Å². The SMILES string of the molecule is FC(F)(F)c1cc(-n2cc(-c3ccccc3)nn2)ccc1Cl. The predicted octanol–water partition coefficient (Wildman–Crippen LogP) is 4.61.